The Morgan fingerprint density at radius 2 is 2.00 bits per heavy atom. The van der Waals surface area contributed by atoms with Gasteiger partial charge >= 0.3 is 0 Å². The minimum Gasteiger partial charge on any atom is -0.365 e. The Labute approximate surface area is 168 Å². The summed E-state index contributed by atoms with van der Waals surface area (Å²) < 4.78 is 1.62. The lowest BCUT2D eigenvalue weighted by Gasteiger charge is -2.10. The van der Waals surface area contributed by atoms with Crippen molar-refractivity contribution >= 4 is 62.2 Å². The minimum absolute atomic E-state index is 0.483. The number of halogens is 3. The first-order valence-corrected chi connectivity index (χ1v) is 9.62. The quantitative estimate of drug-likeness (QED) is 0.452. The summed E-state index contributed by atoms with van der Waals surface area (Å²) >= 11 is 20.1. The van der Waals surface area contributed by atoms with Crippen molar-refractivity contribution in [3.05, 3.63) is 62.2 Å². The van der Waals surface area contributed by atoms with E-state index in [0.717, 1.165) is 20.7 Å². The van der Waals surface area contributed by atoms with Crippen molar-refractivity contribution in [1.82, 2.24) is 19.7 Å². The molecule has 1 aromatic carbocycles. The van der Waals surface area contributed by atoms with E-state index in [1.54, 1.807) is 23.1 Å². The van der Waals surface area contributed by atoms with E-state index >= 15 is 0 Å². The first-order chi connectivity index (χ1) is 12.5. The zero-order valence-corrected chi connectivity index (χ0v) is 16.6. The number of rotatable bonds is 4. The maximum Gasteiger partial charge on any atom is 0.253 e. The molecule has 9 heteroatoms. The maximum atomic E-state index is 6.48. The van der Waals surface area contributed by atoms with Crippen molar-refractivity contribution in [2.75, 3.05) is 5.32 Å². The molecule has 4 aromatic rings. The zero-order chi connectivity index (χ0) is 18.3. The van der Waals surface area contributed by atoms with Crippen molar-refractivity contribution in [2.45, 2.75) is 13.5 Å². The molecule has 26 heavy (non-hydrogen) atoms. The summed E-state index contributed by atoms with van der Waals surface area (Å²) in [6.45, 7) is 2.48. The minimum atomic E-state index is 0.483. The molecule has 4 rings (SSSR count). The Morgan fingerprint density at radius 3 is 2.73 bits per heavy atom. The van der Waals surface area contributed by atoms with Gasteiger partial charge in [-0.05, 0) is 30.7 Å². The van der Waals surface area contributed by atoms with Gasteiger partial charge in [0.25, 0.3) is 5.95 Å². The highest BCUT2D eigenvalue weighted by molar-refractivity contribution is 7.19. The number of hydrogen-bond donors (Lipinski definition) is 1. The molecule has 0 aliphatic heterocycles. The number of hydrogen-bond acceptors (Lipinski definition) is 5. The van der Waals surface area contributed by atoms with E-state index in [-0.39, 0.29) is 0 Å². The number of benzene rings is 1. The average molecular weight is 425 g/mol. The molecule has 0 saturated heterocycles. The van der Waals surface area contributed by atoms with Gasteiger partial charge in [0, 0.05) is 23.8 Å². The zero-order valence-electron chi connectivity index (χ0n) is 13.5. The summed E-state index contributed by atoms with van der Waals surface area (Å²) in [5.41, 5.74) is 0.981. The van der Waals surface area contributed by atoms with Crippen LogP contribution < -0.4 is 5.32 Å². The van der Waals surface area contributed by atoms with Crippen LogP contribution >= 0.6 is 46.1 Å². The smallest absolute Gasteiger partial charge is 0.253 e. The molecule has 0 unspecified atom stereocenters. The molecule has 132 valence electrons. The third kappa shape index (κ3) is 3.25. The van der Waals surface area contributed by atoms with Gasteiger partial charge in [0.1, 0.15) is 10.6 Å². The van der Waals surface area contributed by atoms with Gasteiger partial charge in [-0.25, -0.2) is 4.68 Å². The van der Waals surface area contributed by atoms with Crippen LogP contribution in [0.1, 0.15) is 10.4 Å². The summed E-state index contributed by atoms with van der Waals surface area (Å²) in [5.74, 6) is 1.14. The van der Waals surface area contributed by atoms with E-state index in [0.29, 0.717) is 33.4 Å². The third-order valence-corrected chi connectivity index (χ3v) is 6.12. The highest BCUT2D eigenvalue weighted by atomic mass is 35.5. The number of fused-ring (bicyclic) bond motifs is 1. The molecular weight excluding hydrogens is 413 g/mol. The van der Waals surface area contributed by atoms with Crippen molar-refractivity contribution in [3.8, 4) is 5.95 Å². The van der Waals surface area contributed by atoms with Crippen molar-refractivity contribution in [3.63, 3.8) is 0 Å². The monoisotopic (exact) mass is 423 g/mol. The Kier molecular flexibility index (Phi) is 4.75. The fourth-order valence-electron chi connectivity index (χ4n) is 2.52. The van der Waals surface area contributed by atoms with Crippen LogP contribution in [0.2, 0.25) is 15.1 Å². The molecule has 1 N–H and O–H groups in total. The average Bonchev–Trinajstić information content (AvgIpc) is 3.25. The Morgan fingerprint density at radius 1 is 1.15 bits per heavy atom. The molecule has 3 heterocycles. The lowest BCUT2D eigenvalue weighted by atomic mass is 10.2. The SMILES string of the molecule is Cc1sc2nc(-n3cccn3)nc(NCc3ccc(Cl)c(Cl)c3)c2c1Cl. The topological polar surface area (TPSA) is 55.6 Å². The van der Waals surface area contributed by atoms with Gasteiger partial charge in [-0.15, -0.1) is 11.3 Å². The fraction of sp³-hybridized carbons (Fsp3) is 0.118. The number of nitrogens with zero attached hydrogens (tertiary/aromatic N) is 4. The number of anilines is 1. The number of aromatic nitrogens is 4. The second-order valence-corrected chi connectivity index (χ2v) is 7.97. The predicted octanol–water partition coefficient (Wildman–Crippen LogP) is 5.76. The summed E-state index contributed by atoms with van der Waals surface area (Å²) in [6, 6.07) is 7.33. The van der Waals surface area contributed by atoms with E-state index in [9.17, 15) is 0 Å². The van der Waals surface area contributed by atoms with Crippen molar-refractivity contribution < 1.29 is 0 Å². The van der Waals surface area contributed by atoms with Gasteiger partial charge in [-0.3, -0.25) is 0 Å². The van der Waals surface area contributed by atoms with Crippen LogP contribution in [0.15, 0.2) is 36.7 Å². The largest absolute Gasteiger partial charge is 0.365 e. The van der Waals surface area contributed by atoms with Crippen LogP contribution in [0.4, 0.5) is 5.82 Å². The molecule has 0 aliphatic rings. The number of thiophene rings is 1. The van der Waals surface area contributed by atoms with Crippen LogP contribution in [-0.4, -0.2) is 19.7 Å². The van der Waals surface area contributed by atoms with E-state index in [2.05, 4.69) is 20.4 Å². The Bertz CT molecular complexity index is 1090. The van der Waals surface area contributed by atoms with Gasteiger partial charge in [-0.2, -0.15) is 15.1 Å². The van der Waals surface area contributed by atoms with Crippen LogP contribution in [0.5, 0.6) is 0 Å². The fourth-order valence-corrected chi connectivity index (χ4v) is 4.10. The summed E-state index contributed by atoms with van der Waals surface area (Å²) in [4.78, 5) is 11.0. The molecular formula is C17H12Cl3N5S. The van der Waals surface area contributed by atoms with Crippen LogP contribution in [0.25, 0.3) is 16.2 Å². The summed E-state index contributed by atoms with van der Waals surface area (Å²) in [6.07, 6.45) is 3.48. The van der Waals surface area contributed by atoms with Gasteiger partial charge in [0.15, 0.2) is 0 Å². The Balaban J connectivity index is 1.75. The van der Waals surface area contributed by atoms with Crippen LogP contribution in [-0.2, 0) is 6.54 Å². The normalized spacial score (nSPS) is 11.2. The Hall–Kier alpha value is -1.86. The van der Waals surface area contributed by atoms with E-state index < -0.39 is 0 Å². The molecule has 3 aromatic heterocycles. The molecule has 0 spiro atoms. The molecule has 0 saturated carbocycles. The van der Waals surface area contributed by atoms with Crippen molar-refractivity contribution in [1.29, 1.82) is 0 Å². The van der Waals surface area contributed by atoms with Crippen LogP contribution in [0, 0.1) is 6.92 Å². The first kappa shape index (κ1) is 17.5. The summed E-state index contributed by atoms with van der Waals surface area (Å²) in [7, 11) is 0. The second-order valence-electron chi connectivity index (χ2n) is 5.58. The molecule has 0 fully saturated rings. The number of aryl methyl sites for hydroxylation is 1. The van der Waals surface area contributed by atoms with Gasteiger partial charge in [0.2, 0.25) is 0 Å². The molecule has 5 nitrogen and oxygen atoms in total. The summed E-state index contributed by atoms with van der Waals surface area (Å²) in [5, 5.41) is 10.1. The lowest BCUT2D eigenvalue weighted by Crippen LogP contribution is -2.07. The number of nitrogens with one attached hydrogen (secondary N) is 1. The maximum absolute atomic E-state index is 6.48. The van der Waals surface area contributed by atoms with Gasteiger partial charge < -0.3 is 5.32 Å². The van der Waals surface area contributed by atoms with Crippen molar-refractivity contribution in [2.24, 2.45) is 0 Å². The highest BCUT2D eigenvalue weighted by Crippen LogP contribution is 2.38. The molecule has 0 amide bonds. The molecule has 0 atom stereocenters. The van der Waals surface area contributed by atoms with Crippen LogP contribution in [0.3, 0.4) is 0 Å². The highest BCUT2D eigenvalue weighted by Gasteiger charge is 2.17. The van der Waals surface area contributed by atoms with Gasteiger partial charge in [-0.1, -0.05) is 40.9 Å². The standard InChI is InChI=1S/C17H12Cl3N5S/c1-9-14(20)13-15(21-8-10-3-4-11(18)12(19)7-10)23-17(24-16(13)26-9)25-6-2-5-22-25/h2-7H,8H2,1H3,(H,21,23,24). The molecule has 0 bridgehead atoms. The molecule has 0 radical (unpaired) electrons. The molecule has 0 aliphatic carbocycles. The predicted molar refractivity (Wildman–Crippen MR) is 108 cm³/mol. The second kappa shape index (κ2) is 7.04. The first-order valence-electron chi connectivity index (χ1n) is 7.67. The van der Waals surface area contributed by atoms with E-state index in [1.165, 1.54) is 11.3 Å². The van der Waals surface area contributed by atoms with E-state index in [4.69, 9.17) is 34.8 Å². The van der Waals surface area contributed by atoms with Gasteiger partial charge in [0.05, 0.1) is 20.5 Å². The van der Waals surface area contributed by atoms with E-state index in [1.807, 2.05) is 25.1 Å². The third-order valence-electron chi connectivity index (χ3n) is 3.80. The lowest BCUT2D eigenvalue weighted by molar-refractivity contribution is 0.816.